The van der Waals surface area contributed by atoms with Gasteiger partial charge in [0, 0.05) is 11.9 Å². The maximum Gasteiger partial charge on any atom is 0.0945 e. The molecule has 5 nitrogen and oxygen atoms in total. The average Bonchev–Trinajstić information content (AvgIpc) is 3.09. The second-order valence-electron chi connectivity index (χ2n) is 5.20. The lowest BCUT2D eigenvalue weighted by Gasteiger charge is -2.20. The van der Waals surface area contributed by atoms with E-state index in [2.05, 4.69) is 46.7 Å². The third-order valence-corrected chi connectivity index (χ3v) is 4.11. The molecule has 0 aliphatic carbocycles. The number of nitrogens with one attached hydrogen (secondary N) is 1. The van der Waals surface area contributed by atoms with Gasteiger partial charge in [-0.1, -0.05) is 18.5 Å². The summed E-state index contributed by atoms with van der Waals surface area (Å²) in [6.07, 6.45) is 2.78. The van der Waals surface area contributed by atoms with Crippen molar-refractivity contribution in [3.8, 4) is 0 Å². The van der Waals surface area contributed by atoms with E-state index < -0.39 is 0 Å². The Kier molecular flexibility index (Phi) is 6.17. The lowest BCUT2D eigenvalue weighted by molar-refractivity contribution is 0.365. The number of halogens is 1. The fourth-order valence-electron chi connectivity index (χ4n) is 2.13. The van der Waals surface area contributed by atoms with Crippen LogP contribution in [0.3, 0.4) is 0 Å². The van der Waals surface area contributed by atoms with Gasteiger partial charge in [-0.2, -0.15) is 5.10 Å². The van der Waals surface area contributed by atoms with Crippen LogP contribution in [0.4, 0.5) is 0 Å². The Bertz CT molecular complexity index is 538. The molecule has 0 aliphatic rings. The molecule has 0 saturated heterocycles. The van der Waals surface area contributed by atoms with Gasteiger partial charge < -0.3 is 10.2 Å². The normalized spacial score (nSPS) is 13.0. The van der Waals surface area contributed by atoms with Crippen molar-refractivity contribution in [2.24, 2.45) is 0 Å². The minimum Gasteiger partial charge on any atom is -0.308 e. The average molecular weight is 328 g/mol. The van der Waals surface area contributed by atoms with Crippen LogP contribution in [0.2, 0.25) is 5.02 Å². The Morgan fingerprint density at radius 1 is 1.48 bits per heavy atom. The first-order valence-corrected chi connectivity index (χ1v) is 8.43. The van der Waals surface area contributed by atoms with Crippen LogP contribution in [0.15, 0.2) is 17.1 Å². The number of hydrogen-bond acceptors (Lipinski definition) is 5. The largest absolute Gasteiger partial charge is 0.308 e. The summed E-state index contributed by atoms with van der Waals surface area (Å²) in [5.74, 6) is 0. The number of rotatable bonds is 8. The summed E-state index contributed by atoms with van der Waals surface area (Å²) in [6, 6.07) is -0.00615. The van der Waals surface area contributed by atoms with Crippen molar-refractivity contribution in [1.82, 2.24) is 25.0 Å². The van der Waals surface area contributed by atoms with E-state index in [1.165, 1.54) is 0 Å². The Morgan fingerprint density at radius 2 is 2.29 bits per heavy atom. The highest BCUT2D eigenvalue weighted by Gasteiger charge is 2.23. The first-order chi connectivity index (χ1) is 10.1. The minimum atomic E-state index is -0.00615. The molecule has 116 valence electrons. The van der Waals surface area contributed by atoms with Gasteiger partial charge in [0.15, 0.2) is 0 Å². The van der Waals surface area contributed by atoms with Gasteiger partial charge in [-0.15, -0.1) is 11.3 Å². The smallest absolute Gasteiger partial charge is 0.0945 e. The van der Waals surface area contributed by atoms with Crippen LogP contribution in [0, 0.1) is 0 Å². The van der Waals surface area contributed by atoms with E-state index in [4.69, 9.17) is 11.6 Å². The van der Waals surface area contributed by atoms with E-state index in [1.54, 1.807) is 17.5 Å². The van der Waals surface area contributed by atoms with Gasteiger partial charge in [0.1, 0.15) is 0 Å². The van der Waals surface area contributed by atoms with E-state index in [0.29, 0.717) is 5.02 Å². The van der Waals surface area contributed by atoms with E-state index in [-0.39, 0.29) is 6.04 Å². The lowest BCUT2D eigenvalue weighted by atomic mass is 10.1. The van der Waals surface area contributed by atoms with Gasteiger partial charge in [-0.25, -0.2) is 4.98 Å². The predicted octanol–water partition coefficient (Wildman–Crippen LogP) is 2.64. The molecule has 0 fully saturated rings. The number of thiazole rings is 1. The highest BCUT2D eigenvalue weighted by molar-refractivity contribution is 7.07. The first-order valence-electron chi connectivity index (χ1n) is 7.10. The van der Waals surface area contributed by atoms with Crippen LogP contribution < -0.4 is 5.32 Å². The van der Waals surface area contributed by atoms with Crippen LogP contribution in [0.1, 0.15) is 30.8 Å². The maximum atomic E-state index is 6.39. The van der Waals surface area contributed by atoms with Gasteiger partial charge in [0.2, 0.25) is 0 Å². The monoisotopic (exact) mass is 327 g/mol. The molecule has 0 spiro atoms. The second kappa shape index (κ2) is 7.89. The van der Waals surface area contributed by atoms with Crippen molar-refractivity contribution in [3.63, 3.8) is 0 Å². The molecule has 0 aromatic carbocycles. The second-order valence-corrected chi connectivity index (χ2v) is 6.33. The highest BCUT2D eigenvalue weighted by Crippen LogP contribution is 2.28. The van der Waals surface area contributed by atoms with E-state index in [9.17, 15) is 0 Å². The Hall–Kier alpha value is -0.950. The fourth-order valence-corrected chi connectivity index (χ4v) is 2.96. The molecule has 0 bridgehead atoms. The molecular formula is C14H22ClN5S. The molecule has 0 aliphatic heterocycles. The number of hydrogen-bond donors (Lipinski definition) is 1. The fraction of sp³-hybridized carbons (Fsp3) is 0.571. The van der Waals surface area contributed by atoms with Crippen molar-refractivity contribution in [2.75, 3.05) is 27.2 Å². The van der Waals surface area contributed by atoms with Crippen molar-refractivity contribution in [3.05, 3.63) is 33.5 Å². The number of likely N-dealkylation sites (N-methyl/N-ethyl adjacent to an activating group) is 1. The molecule has 2 rings (SSSR count). The van der Waals surface area contributed by atoms with Crippen molar-refractivity contribution >= 4 is 22.9 Å². The van der Waals surface area contributed by atoms with Crippen LogP contribution in [-0.4, -0.2) is 46.8 Å². The van der Waals surface area contributed by atoms with Crippen molar-refractivity contribution in [2.45, 2.75) is 25.9 Å². The van der Waals surface area contributed by atoms with Crippen LogP contribution >= 0.6 is 22.9 Å². The van der Waals surface area contributed by atoms with E-state index >= 15 is 0 Å². The molecule has 1 atom stereocenters. The molecule has 0 amide bonds. The zero-order valence-corrected chi connectivity index (χ0v) is 14.3. The van der Waals surface area contributed by atoms with Crippen LogP contribution in [-0.2, 0) is 6.54 Å². The van der Waals surface area contributed by atoms with Gasteiger partial charge >= 0.3 is 0 Å². The molecule has 1 N–H and O–H groups in total. The molecule has 0 radical (unpaired) electrons. The summed E-state index contributed by atoms with van der Waals surface area (Å²) in [5, 5.41) is 10.7. The van der Waals surface area contributed by atoms with Gasteiger partial charge in [-0.3, -0.25) is 4.68 Å². The maximum absolute atomic E-state index is 6.39. The highest BCUT2D eigenvalue weighted by atomic mass is 35.5. The summed E-state index contributed by atoms with van der Waals surface area (Å²) in [4.78, 5) is 6.58. The van der Waals surface area contributed by atoms with Crippen LogP contribution in [0.5, 0.6) is 0 Å². The molecule has 1 unspecified atom stereocenters. The minimum absolute atomic E-state index is 0.00615. The lowest BCUT2D eigenvalue weighted by Crippen LogP contribution is -2.28. The summed E-state index contributed by atoms with van der Waals surface area (Å²) < 4.78 is 1.98. The molecule has 2 heterocycles. The van der Waals surface area contributed by atoms with E-state index in [0.717, 1.165) is 37.4 Å². The third-order valence-electron chi connectivity index (χ3n) is 3.21. The molecule has 2 aromatic heterocycles. The summed E-state index contributed by atoms with van der Waals surface area (Å²) in [5.41, 5.74) is 3.85. The third kappa shape index (κ3) is 4.26. The number of nitrogens with zero attached hydrogens (tertiary/aromatic N) is 4. The summed E-state index contributed by atoms with van der Waals surface area (Å²) >= 11 is 7.99. The molecule has 2 aromatic rings. The topological polar surface area (TPSA) is 46.0 Å². The van der Waals surface area contributed by atoms with Crippen LogP contribution in [0.25, 0.3) is 0 Å². The number of aromatic nitrogens is 3. The van der Waals surface area contributed by atoms with E-state index in [1.807, 2.05) is 10.2 Å². The Morgan fingerprint density at radius 3 is 2.90 bits per heavy atom. The molecule has 0 saturated carbocycles. The molecular weight excluding hydrogens is 306 g/mol. The van der Waals surface area contributed by atoms with Gasteiger partial charge in [0.05, 0.1) is 40.7 Å². The summed E-state index contributed by atoms with van der Waals surface area (Å²) in [6.45, 7) is 4.79. The quantitative estimate of drug-likeness (QED) is 0.809. The van der Waals surface area contributed by atoms with Gasteiger partial charge in [-0.05, 0) is 27.1 Å². The molecule has 21 heavy (non-hydrogen) atoms. The molecule has 7 heteroatoms. The van der Waals surface area contributed by atoms with Gasteiger partial charge in [0.25, 0.3) is 0 Å². The summed E-state index contributed by atoms with van der Waals surface area (Å²) in [7, 11) is 4.11. The predicted molar refractivity (Wildman–Crippen MR) is 88.0 cm³/mol. The van der Waals surface area contributed by atoms with Crippen molar-refractivity contribution < 1.29 is 0 Å². The zero-order chi connectivity index (χ0) is 15.2. The first kappa shape index (κ1) is 16.4. The van der Waals surface area contributed by atoms with Crippen molar-refractivity contribution in [1.29, 1.82) is 0 Å². The Balaban J connectivity index is 2.28. The standard InChI is InChI=1S/C14H22ClN5S/c1-4-5-16-13(12-9-21-10-17-12)14-11(15)8-18-20(14)7-6-19(2)3/h8-10,13,16H,4-7H2,1-3H3. The SMILES string of the molecule is CCCNC(c1cscn1)c1c(Cl)cnn1CCN(C)C. The zero-order valence-electron chi connectivity index (χ0n) is 12.7. The Labute approximate surface area is 134 Å².